The number of halogens is 1. The molecule has 0 fully saturated rings. The summed E-state index contributed by atoms with van der Waals surface area (Å²) in [5.41, 5.74) is 6.78. The normalized spacial score (nSPS) is 13.4. The molecular formula is C9H13ClN2. The van der Waals surface area contributed by atoms with Gasteiger partial charge in [-0.15, -0.1) is 0 Å². The van der Waals surface area contributed by atoms with Gasteiger partial charge in [0.15, 0.2) is 0 Å². The summed E-state index contributed by atoms with van der Waals surface area (Å²) < 4.78 is 0. The van der Waals surface area contributed by atoms with E-state index in [0.29, 0.717) is 10.9 Å². The van der Waals surface area contributed by atoms with Crippen LogP contribution in [0.15, 0.2) is 18.3 Å². The zero-order valence-electron chi connectivity index (χ0n) is 7.29. The van der Waals surface area contributed by atoms with E-state index < -0.39 is 0 Å². The van der Waals surface area contributed by atoms with Gasteiger partial charge in [0, 0.05) is 12.2 Å². The Kier molecular flexibility index (Phi) is 3.06. The third-order valence-corrected chi connectivity index (χ3v) is 2.03. The third kappa shape index (κ3) is 2.19. The maximum absolute atomic E-state index is 5.88. The van der Waals surface area contributed by atoms with Crippen LogP contribution >= 0.6 is 11.6 Å². The fraction of sp³-hybridized carbons (Fsp3) is 0.444. The van der Waals surface area contributed by atoms with Gasteiger partial charge in [-0.3, -0.25) is 4.98 Å². The van der Waals surface area contributed by atoms with Gasteiger partial charge in [0.05, 0.1) is 10.7 Å². The van der Waals surface area contributed by atoms with Gasteiger partial charge in [0.1, 0.15) is 0 Å². The van der Waals surface area contributed by atoms with Gasteiger partial charge in [-0.25, -0.2) is 0 Å². The molecule has 0 saturated heterocycles. The van der Waals surface area contributed by atoms with E-state index in [0.717, 1.165) is 5.69 Å². The van der Waals surface area contributed by atoms with Gasteiger partial charge in [0.2, 0.25) is 0 Å². The van der Waals surface area contributed by atoms with Crippen molar-refractivity contribution in [1.82, 2.24) is 4.98 Å². The fourth-order valence-electron chi connectivity index (χ4n) is 0.926. The predicted octanol–water partition coefficient (Wildman–Crippen LogP) is 2.39. The van der Waals surface area contributed by atoms with Crippen LogP contribution < -0.4 is 5.73 Å². The first-order valence-electron chi connectivity index (χ1n) is 3.98. The highest BCUT2D eigenvalue weighted by atomic mass is 35.5. The van der Waals surface area contributed by atoms with E-state index in [1.165, 1.54) is 0 Å². The van der Waals surface area contributed by atoms with E-state index in [9.17, 15) is 0 Å². The minimum atomic E-state index is 0.00210. The molecule has 0 saturated carbocycles. The second kappa shape index (κ2) is 3.87. The van der Waals surface area contributed by atoms with Crippen molar-refractivity contribution in [3.63, 3.8) is 0 Å². The van der Waals surface area contributed by atoms with Gasteiger partial charge < -0.3 is 5.73 Å². The molecule has 0 spiro atoms. The number of hydrogen-bond donors (Lipinski definition) is 1. The molecule has 66 valence electrons. The van der Waals surface area contributed by atoms with Crippen molar-refractivity contribution in [3.8, 4) is 0 Å². The van der Waals surface area contributed by atoms with Crippen LogP contribution in [0.4, 0.5) is 0 Å². The quantitative estimate of drug-likeness (QED) is 0.767. The number of nitrogens with two attached hydrogens (primary N) is 1. The summed E-state index contributed by atoms with van der Waals surface area (Å²) in [7, 11) is 0. The van der Waals surface area contributed by atoms with Gasteiger partial charge in [0.25, 0.3) is 0 Å². The topological polar surface area (TPSA) is 38.9 Å². The highest BCUT2D eigenvalue weighted by molar-refractivity contribution is 6.30. The highest BCUT2D eigenvalue weighted by Crippen LogP contribution is 2.17. The Morgan fingerprint density at radius 1 is 1.42 bits per heavy atom. The molecule has 1 atom stereocenters. The first kappa shape index (κ1) is 9.49. The van der Waals surface area contributed by atoms with Crippen LogP contribution in [-0.4, -0.2) is 4.98 Å². The Bertz CT molecular complexity index is 243. The van der Waals surface area contributed by atoms with Crippen molar-refractivity contribution >= 4 is 11.6 Å². The molecule has 2 N–H and O–H groups in total. The summed E-state index contributed by atoms with van der Waals surface area (Å²) in [4.78, 5) is 4.14. The van der Waals surface area contributed by atoms with Crippen LogP contribution in [-0.2, 0) is 0 Å². The largest absolute Gasteiger partial charge is 0.322 e. The minimum absolute atomic E-state index is 0.00210. The molecule has 1 rings (SSSR count). The van der Waals surface area contributed by atoms with Crippen molar-refractivity contribution in [2.24, 2.45) is 11.7 Å². The van der Waals surface area contributed by atoms with Crippen molar-refractivity contribution in [2.75, 3.05) is 0 Å². The van der Waals surface area contributed by atoms with Gasteiger partial charge in [-0.2, -0.15) is 0 Å². The molecular weight excluding hydrogens is 172 g/mol. The summed E-state index contributed by atoms with van der Waals surface area (Å²) in [5, 5.41) is 0.648. The number of aromatic nitrogens is 1. The lowest BCUT2D eigenvalue weighted by atomic mass is 10.0. The molecule has 0 aromatic carbocycles. The molecule has 1 heterocycles. The van der Waals surface area contributed by atoms with Crippen LogP contribution in [0.1, 0.15) is 25.6 Å². The lowest BCUT2D eigenvalue weighted by molar-refractivity contribution is 0.503. The number of pyridine rings is 1. The third-order valence-electron chi connectivity index (χ3n) is 1.81. The molecule has 0 bridgehead atoms. The SMILES string of the molecule is CC(C)[C@H](N)c1ccc(Cl)cn1. The van der Waals surface area contributed by atoms with Crippen LogP contribution in [0.5, 0.6) is 0 Å². The van der Waals surface area contributed by atoms with Crippen LogP contribution in [0.2, 0.25) is 5.02 Å². The Hall–Kier alpha value is -0.600. The Balaban J connectivity index is 2.82. The zero-order chi connectivity index (χ0) is 9.14. The maximum atomic E-state index is 5.88. The number of nitrogens with zero attached hydrogens (tertiary/aromatic N) is 1. The second-order valence-electron chi connectivity index (χ2n) is 3.17. The summed E-state index contributed by atoms with van der Waals surface area (Å²) in [6.07, 6.45) is 1.62. The standard InChI is InChI=1S/C9H13ClN2/c1-6(2)9(11)8-4-3-7(10)5-12-8/h3-6,9H,11H2,1-2H3/t9-/m0/s1. The summed E-state index contributed by atoms with van der Waals surface area (Å²) in [6.45, 7) is 4.14. The molecule has 2 nitrogen and oxygen atoms in total. The van der Waals surface area contributed by atoms with E-state index in [2.05, 4.69) is 18.8 Å². The van der Waals surface area contributed by atoms with Crippen molar-refractivity contribution in [2.45, 2.75) is 19.9 Å². The lowest BCUT2D eigenvalue weighted by Crippen LogP contribution is -2.17. The Labute approximate surface area is 77.8 Å². The van der Waals surface area contributed by atoms with E-state index in [4.69, 9.17) is 17.3 Å². The monoisotopic (exact) mass is 184 g/mol. The summed E-state index contributed by atoms with van der Waals surface area (Å²) in [5.74, 6) is 0.402. The smallest absolute Gasteiger partial charge is 0.0589 e. The molecule has 12 heavy (non-hydrogen) atoms. The van der Waals surface area contributed by atoms with Gasteiger partial charge in [-0.1, -0.05) is 25.4 Å². The average molecular weight is 185 g/mol. The van der Waals surface area contributed by atoms with Gasteiger partial charge in [-0.05, 0) is 18.1 Å². The molecule has 0 radical (unpaired) electrons. The number of rotatable bonds is 2. The molecule has 0 unspecified atom stereocenters. The minimum Gasteiger partial charge on any atom is -0.322 e. The first-order valence-corrected chi connectivity index (χ1v) is 4.36. The van der Waals surface area contributed by atoms with Crippen LogP contribution in [0.25, 0.3) is 0 Å². The molecule has 3 heteroatoms. The highest BCUT2D eigenvalue weighted by Gasteiger charge is 2.10. The van der Waals surface area contributed by atoms with Crippen molar-refractivity contribution in [3.05, 3.63) is 29.0 Å². The summed E-state index contributed by atoms with van der Waals surface area (Å²) in [6, 6.07) is 3.68. The predicted molar refractivity (Wildman–Crippen MR) is 51.0 cm³/mol. The maximum Gasteiger partial charge on any atom is 0.0589 e. The Morgan fingerprint density at radius 2 is 2.08 bits per heavy atom. The van der Waals surface area contributed by atoms with E-state index in [-0.39, 0.29) is 6.04 Å². The molecule has 0 aliphatic heterocycles. The zero-order valence-corrected chi connectivity index (χ0v) is 8.05. The van der Waals surface area contributed by atoms with Crippen molar-refractivity contribution in [1.29, 1.82) is 0 Å². The average Bonchev–Trinajstić information content (AvgIpc) is 2.04. The van der Waals surface area contributed by atoms with Crippen LogP contribution in [0, 0.1) is 5.92 Å². The molecule has 0 aliphatic carbocycles. The van der Waals surface area contributed by atoms with Crippen LogP contribution in [0.3, 0.4) is 0 Å². The fourth-order valence-corrected chi connectivity index (χ4v) is 1.04. The summed E-state index contributed by atoms with van der Waals surface area (Å²) >= 11 is 5.69. The number of hydrogen-bond acceptors (Lipinski definition) is 2. The van der Waals surface area contributed by atoms with Crippen molar-refractivity contribution < 1.29 is 0 Å². The lowest BCUT2D eigenvalue weighted by Gasteiger charge is -2.14. The molecule has 0 aliphatic rings. The molecule has 1 aromatic heterocycles. The Morgan fingerprint density at radius 3 is 2.50 bits per heavy atom. The van der Waals surface area contributed by atoms with E-state index in [1.54, 1.807) is 6.20 Å². The second-order valence-corrected chi connectivity index (χ2v) is 3.61. The molecule has 0 amide bonds. The van der Waals surface area contributed by atoms with E-state index >= 15 is 0 Å². The molecule has 1 aromatic rings. The van der Waals surface area contributed by atoms with E-state index in [1.807, 2.05) is 12.1 Å². The first-order chi connectivity index (χ1) is 5.61. The van der Waals surface area contributed by atoms with Gasteiger partial charge >= 0.3 is 0 Å².